The number of methoxy groups -OCH3 is 3. The number of aryl methyl sites for hydroxylation is 1. The molecular formula is C35H39N3O7S. The highest BCUT2D eigenvalue weighted by molar-refractivity contribution is 7.92. The minimum absolute atomic E-state index is 0.0269. The third-order valence-electron chi connectivity index (χ3n) is 7.55. The summed E-state index contributed by atoms with van der Waals surface area (Å²) in [5, 5.41) is 2.68. The van der Waals surface area contributed by atoms with Gasteiger partial charge in [0.15, 0.2) is 11.5 Å². The number of anilines is 1. The Kier molecular flexibility index (Phi) is 11.3. The van der Waals surface area contributed by atoms with E-state index < -0.39 is 28.5 Å². The van der Waals surface area contributed by atoms with E-state index in [1.165, 1.54) is 44.4 Å². The van der Waals surface area contributed by atoms with Gasteiger partial charge in [-0.15, -0.1) is 0 Å². The third kappa shape index (κ3) is 7.97. The summed E-state index contributed by atoms with van der Waals surface area (Å²) in [5.74, 6) is 0.211. The van der Waals surface area contributed by atoms with Crippen LogP contribution >= 0.6 is 0 Å². The van der Waals surface area contributed by atoms with E-state index >= 15 is 0 Å². The molecule has 4 aromatic rings. The molecule has 0 aliphatic rings. The first-order valence-corrected chi connectivity index (χ1v) is 16.0. The summed E-state index contributed by atoms with van der Waals surface area (Å²) in [7, 11) is 1.61. The fourth-order valence-corrected chi connectivity index (χ4v) is 6.46. The summed E-state index contributed by atoms with van der Waals surface area (Å²) in [6.45, 7) is 1.33. The van der Waals surface area contributed by atoms with E-state index in [0.29, 0.717) is 17.1 Å². The van der Waals surface area contributed by atoms with E-state index in [2.05, 4.69) is 5.32 Å². The van der Waals surface area contributed by atoms with Crippen molar-refractivity contribution in [1.82, 2.24) is 10.2 Å². The van der Waals surface area contributed by atoms with Gasteiger partial charge in [0.1, 0.15) is 18.3 Å². The molecule has 1 N–H and O–H groups in total. The topological polar surface area (TPSA) is 114 Å². The fourth-order valence-electron chi connectivity index (χ4n) is 5.03. The molecule has 0 heterocycles. The quantitative estimate of drug-likeness (QED) is 0.213. The van der Waals surface area contributed by atoms with E-state index in [-0.39, 0.29) is 35.2 Å². The Morgan fingerprint density at radius 1 is 0.783 bits per heavy atom. The standard InChI is InChI=1S/C35H39N3O7S/c1-25-14-16-28(17-15-25)38(46(41,42)30-18-19-32(44-4)33(22-30)45-5)24-34(39)37(23-27-12-9-13-29(20-27)43-3)31(35(40)36-2)21-26-10-7-6-8-11-26/h6-20,22,31H,21,23-24H2,1-5H3,(H,36,40)/t31-/m0/s1. The zero-order valence-electron chi connectivity index (χ0n) is 26.6. The molecule has 0 saturated carbocycles. The fraction of sp³-hybridized carbons (Fsp3) is 0.257. The van der Waals surface area contributed by atoms with Gasteiger partial charge in [-0.05, 0) is 54.4 Å². The average molecular weight is 646 g/mol. The van der Waals surface area contributed by atoms with Gasteiger partial charge in [0.25, 0.3) is 10.0 Å². The van der Waals surface area contributed by atoms with Gasteiger partial charge in [-0.25, -0.2) is 8.42 Å². The van der Waals surface area contributed by atoms with Crippen LogP contribution in [0, 0.1) is 6.92 Å². The van der Waals surface area contributed by atoms with Crippen molar-refractivity contribution in [2.45, 2.75) is 30.8 Å². The highest BCUT2D eigenvalue weighted by Gasteiger charge is 2.34. The van der Waals surface area contributed by atoms with Gasteiger partial charge >= 0.3 is 0 Å². The first-order chi connectivity index (χ1) is 22.1. The number of carbonyl (C=O) groups is 2. The van der Waals surface area contributed by atoms with E-state index in [9.17, 15) is 18.0 Å². The maximum atomic E-state index is 14.5. The lowest BCUT2D eigenvalue weighted by Gasteiger charge is -2.33. The van der Waals surface area contributed by atoms with Gasteiger partial charge in [-0.1, -0.05) is 60.2 Å². The summed E-state index contributed by atoms with van der Waals surface area (Å²) < 4.78 is 45.7. The number of nitrogens with one attached hydrogen (secondary N) is 1. The molecule has 46 heavy (non-hydrogen) atoms. The highest BCUT2D eigenvalue weighted by atomic mass is 32.2. The molecule has 4 aromatic carbocycles. The van der Waals surface area contributed by atoms with Crippen molar-refractivity contribution in [1.29, 1.82) is 0 Å². The molecule has 0 unspecified atom stereocenters. The van der Waals surface area contributed by atoms with Crippen LogP contribution in [0.15, 0.2) is 102 Å². The van der Waals surface area contributed by atoms with Gasteiger partial charge in [0, 0.05) is 26.1 Å². The van der Waals surface area contributed by atoms with Crippen molar-refractivity contribution >= 4 is 27.5 Å². The Morgan fingerprint density at radius 3 is 2.09 bits per heavy atom. The molecule has 10 nitrogen and oxygen atoms in total. The molecule has 0 aliphatic heterocycles. The first-order valence-electron chi connectivity index (χ1n) is 14.6. The zero-order valence-corrected chi connectivity index (χ0v) is 27.4. The normalized spacial score (nSPS) is 11.7. The summed E-state index contributed by atoms with van der Waals surface area (Å²) in [6, 6.07) is 26.7. The summed E-state index contributed by atoms with van der Waals surface area (Å²) in [5.41, 5.74) is 2.75. The molecular weight excluding hydrogens is 606 g/mol. The highest BCUT2D eigenvalue weighted by Crippen LogP contribution is 2.32. The lowest BCUT2D eigenvalue weighted by molar-refractivity contribution is -0.139. The predicted molar refractivity (Wildman–Crippen MR) is 177 cm³/mol. The Labute approximate surface area is 270 Å². The van der Waals surface area contributed by atoms with E-state index in [0.717, 1.165) is 15.4 Å². The van der Waals surface area contributed by atoms with Crippen LogP contribution in [0.2, 0.25) is 0 Å². The molecule has 0 radical (unpaired) electrons. The zero-order chi connectivity index (χ0) is 33.3. The molecule has 0 saturated heterocycles. The first kappa shape index (κ1) is 33.9. The molecule has 0 aromatic heterocycles. The van der Waals surface area contributed by atoms with Crippen molar-refractivity contribution in [3.8, 4) is 17.2 Å². The summed E-state index contributed by atoms with van der Waals surface area (Å²) in [6.07, 6.45) is 0.211. The number of rotatable bonds is 14. The van der Waals surface area contributed by atoms with E-state index in [1.54, 1.807) is 49.6 Å². The van der Waals surface area contributed by atoms with E-state index in [1.807, 2.05) is 43.3 Å². The van der Waals surface area contributed by atoms with Crippen LogP contribution in [0.4, 0.5) is 5.69 Å². The molecule has 11 heteroatoms. The van der Waals surface area contributed by atoms with Gasteiger partial charge < -0.3 is 24.4 Å². The minimum atomic E-state index is -4.32. The van der Waals surface area contributed by atoms with Crippen molar-refractivity contribution in [3.63, 3.8) is 0 Å². The Balaban J connectivity index is 1.81. The van der Waals surface area contributed by atoms with Gasteiger partial charge in [-0.3, -0.25) is 13.9 Å². The second kappa shape index (κ2) is 15.3. The molecule has 0 spiro atoms. The second-order valence-corrected chi connectivity index (χ2v) is 12.4. The van der Waals surface area contributed by atoms with Crippen molar-refractivity contribution < 1.29 is 32.2 Å². The van der Waals surface area contributed by atoms with Crippen LogP contribution in [0.3, 0.4) is 0 Å². The van der Waals surface area contributed by atoms with Crippen molar-refractivity contribution in [2.75, 3.05) is 39.2 Å². The Hall–Kier alpha value is -5.03. The lowest BCUT2D eigenvalue weighted by Crippen LogP contribution is -2.53. The van der Waals surface area contributed by atoms with Crippen molar-refractivity contribution in [2.24, 2.45) is 0 Å². The van der Waals surface area contributed by atoms with Gasteiger partial charge in [0.05, 0.1) is 31.9 Å². The van der Waals surface area contributed by atoms with Crippen LogP contribution in [0.1, 0.15) is 16.7 Å². The molecule has 0 fully saturated rings. The van der Waals surface area contributed by atoms with E-state index in [4.69, 9.17) is 14.2 Å². The number of ether oxygens (including phenoxy) is 3. The number of nitrogens with zero attached hydrogens (tertiary/aromatic N) is 2. The number of amides is 2. The monoisotopic (exact) mass is 645 g/mol. The molecule has 0 aliphatic carbocycles. The molecule has 0 bridgehead atoms. The maximum Gasteiger partial charge on any atom is 0.264 e. The van der Waals surface area contributed by atoms with Crippen LogP contribution < -0.4 is 23.8 Å². The SMILES string of the molecule is CNC(=O)[C@H](Cc1ccccc1)N(Cc1cccc(OC)c1)C(=O)CN(c1ccc(C)cc1)S(=O)(=O)c1ccc(OC)c(OC)c1. The number of benzene rings is 4. The summed E-state index contributed by atoms with van der Waals surface area (Å²) >= 11 is 0. The maximum absolute atomic E-state index is 14.5. The molecule has 4 rings (SSSR count). The average Bonchev–Trinajstić information content (AvgIpc) is 3.08. The smallest absolute Gasteiger partial charge is 0.264 e. The molecule has 242 valence electrons. The molecule has 1 atom stereocenters. The van der Waals surface area contributed by atoms with Crippen LogP contribution in [-0.4, -0.2) is 66.1 Å². The number of hydrogen-bond acceptors (Lipinski definition) is 7. The number of carbonyl (C=O) groups excluding carboxylic acids is 2. The summed E-state index contributed by atoms with van der Waals surface area (Å²) in [4.78, 5) is 29.2. The second-order valence-electron chi connectivity index (χ2n) is 10.6. The number of sulfonamides is 1. The van der Waals surface area contributed by atoms with Crippen molar-refractivity contribution in [3.05, 3.63) is 114 Å². The minimum Gasteiger partial charge on any atom is -0.497 e. The van der Waals surface area contributed by atoms with Gasteiger partial charge in [-0.2, -0.15) is 0 Å². The van der Waals surface area contributed by atoms with Crippen LogP contribution in [0.25, 0.3) is 0 Å². The Morgan fingerprint density at radius 2 is 1.46 bits per heavy atom. The number of hydrogen-bond donors (Lipinski definition) is 1. The molecule has 2 amide bonds. The van der Waals surface area contributed by atoms with Gasteiger partial charge in [0.2, 0.25) is 11.8 Å². The van der Waals surface area contributed by atoms with Crippen LogP contribution in [-0.2, 0) is 32.6 Å². The Bertz CT molecular complexity index is 1750. The van der Waals surface area contributed by atoms with Crippen LogP contribution in [0.5, 0.6) is 17.2 Å². The third-order valence-corrected chi connectivity index (χ3v) is 9.32. The largest absolute Gasteiger partial charge is 0.497 e. The predicted octanol–water partition coefficient (Wildman–Crippen LogP) is 4.60. The lowest BCUT2D eigenvalue weighted by atomic mass is 10.0. The number of likely N-dealkylation sites (N-methyl/N-ethyl adjacent to an activating group) is 1.